The first-order valence-corrected chi connectivity index (χ1v) is 7.33. The molecule has 0 bridgehead atoms. The molecule has 19 heavy (non-hydrogen) atoms. The second-order valence-corrected chi connectivity index (χ2v) is 5.85. The van der Waals surface area contributed by atoms with Gasteiger partial charge in [0.25, 0.3) is 0 Å². The Morgan fingerprint density at radius 1 is 1.58 bits per heavy atom. The van der Waals surface area contributed by atoms with Crippen molar-refractivity contribution in [3.8, 4) is 0 Å². The molecule has 1 fully saturated rings. The lowest BCUT2D eigenvalue weighted by Gasteiger charge is -2.35. The molecule has 0 radical (unpaired) electrons. The number of nitrogens with one attached hydrogen (secondary N) is 2. The van der Waals surface area contributed by atoms with E-state index in [-0.39, 0.29) is 0 Å². The van der Waals surface area contributed by atoms with E-state index >= 15 is 0 Å². The number of likely N-dealkylation sites (N-methyl/N-ethyl adjacent to an activating group) is 1. The molecule has 3 rings (SSSR count). The van der Waals surface area contributed by atoms with Crippen LogP contribution in [-0.2, 0) is 0 Å². The molecule has 4 N–H and O–H groups in total. The van der Waals surface area contributed by atoms with Crippen LogP contribution in [0.3, 0.4) is 0 Å². The minimum Gasteiger partial charge on any atom is -0.397 e. The maximum Gasteiger partial charge on any atom is 0.141 e. The molecule has 5 nitrogen and oxygen atoms in total. The summed E-state index contributed by atoms with van der Waals surface area (Å²) in [7, 11) is 2.02. The van der Waals surface area contributed by atoms with E-state index in [0.717, 1.165) is 40.0 Å². The quantitative estimate of drug-likeness (QED) is 0.791. The minimum atomic E-state index is 0.532. The van der Waals surface area contributed by atoms with Crippen LogP contribution >= 0.6 is 15.9 Å². The van der Waals surface area contributed by atoms with Crippen molar-refractivity contribution < 1.29 is 0 Å². The molecule has 0 amide bonds. The number of nitrogens with two attached hydrogens (primary N) is 1. The van der Waals surface area contributed by atoms with Crippen molar-refractivity contribution in [3.05, 3.63) is 16.9 Å². The van der Waals surface area contributed by atoms with Crippen molar-refractivity contribution in [1.82, 2.24) is 15.3 Å². The topological polar surface area (TPSA) is 70.0 Å². The largest absolute Gasteiger partial charge is 0.397 e. The molecule has 1 aliphatic heterocycles. The number of aromatic nitrogens is 2. The smallest absolute Gasteiger partial charge is 0.141 e. The Labute approximate surface area is 120 Å². The number of nitrogen functional groups attached to an aromatic ring is 1. The predicted molar refractivity (Wildman–Crippen MR) is 82.5 cm³/mol. The molecule has 0 unspecified atom stereocenters. The zero-order chi connectivity index (χ0) is 13.4. The Balaban J connectivity index is 2.08. The van der Waals surface area contributed by atoms with E-state index in [0.29, 0.717) is 6.04 Å². The van der Waals surface area contributed by atoms with Crippen molar-refractivity contribution >= 4 is 38.3 Å². The van der Waals surface area contributed by atoms with Crippen LogP contribution in [0.2, 0.25) is 0 Å². The van der Waals surface area contributed by atoms with Gasteiger partial charge in [-0.05, 0) is 35.8 Å². The van der Waals surface area contributed by atoms with Crippen LogP contribution in [0.1, 0.15) is 12.8 Å². The van der Waals surface area contributed by atoms with E-state index in [1.807, 2.05) is 19.4 Å². The van der Waals surface area contributed by atoms with Gasteiger partial charge < -0.3 is 20.9 Å². The number of nitrogens with zero attached hydrogens (tertiary/aromatic N) is 2. The highest BCUT2D eigenvalue weighted by Gasteiger charge is 2.23. The lowest BCUT2D eigenvalue weighted by molar-refractivity contribution is 0.450. The van der Waals surface area contributed by atoms with Crippen molar-refractivity contribution in [3.63, 3.8) is 0 Å². The third-order valence-electron chi connectivity index (χ3n) is 3.81. The Morgan fingerprint density at radius 3 is 3.21 bits per heavy atom. The van der Waals surface area contributed by atoms with Crippen molar-refractivity contribution in [2.24, 2.45) is 0 Å². The van der Waals surface area contributed by atoms with E-state index in [1.165, 1.54) is 12.8 Å². The molecule has 102 valence electrons. The summed E-state index contributed by atoms with van der Waals surface area (Å²) in [5.41, 5.74) is 8.85. The average Bonchev–Trinajstić information content (AvgIpc) is 2.81. The molecule has 0 spiro atoms. The fraction of sp³-hybridized carbons (Fsp3) is 0.462. The number of halogens is 1. The van der Waals surface area contributed by atoms with Gasteiger partial charge in [-0.15, -0.1) is 0 Å². The predicted octanol–water partition coefficient (Wildman–Crippen LogP) is 2.10. The highest BCUT2D eigenvalue weighted by Crippen LogP contribution is 2.37. The monoisotopic (exact) mass is 323 g/mol. The number of anilines is 2. The molecule has 0 aliphatic carbocycles. The number of hydrogen-bond donors (Lipinski definition) is 3. The first kappa shape index (κ1) is 12.7. The van der Waals surface area contributed by atoms with Gasteiger partial charge in [-0.1, -0.05) is 0 Å². The summed E-state index contributed by atoms with van der Waals surface area (Å²) in [6.45, 7) is 2.05. The van der Waals surface area contributed by atoms with Crippen LogP contribution in [0, 0.1) is 0 Å². The summed E-state index contributed by atoms with van der Waals surface area (Å²) >= 11 is 3.62. The van der Waals surface area contributed by atoms with E-state index in [2.05, 4.69) is 36.1 Å². The summed E-state index contributed by atoms with van der Waals surface area (Å²) in [5.74, 6) is 0. The maximum absolute atomic E-state index is 6.09. The molecule has 3 heterocycles. The number of piperidine rings is 1. The number of rotatable bonds is 2. The normalized spacial score (nSPS) is 20.1. The van der Waals surface area contributed by atoms with Crippen molar-refractivity contribution in [1.29, 1.82) is 0 Å². The fourth-order valence-electron chi connectivity index (χ4n) is 2.80. The van der Waals surface area contributed by atoms with E-state index in [9.17, 15) is 0 Å². The van der Waals surface area contributed by atoms with Crippen LogP contribution in [0.4, 0.5) is 11.4 Å². The minimum absolute atomic E-state index is 0.532. The van der Waals surface area contributed by atoms with E-state index < -0.39 is 0 Å². The maximum atomic E-state index is 6.09. The number of pyridine rings is 1. The third-order valence-corrected chi connectivity index (χ3v) is 4.39. The van der Waals surface area contributed by atoms with Crippen LogP contribution < -0.4 is 16.0 Å². The molecule has 2 aromatic heterocycles. The Morgan fingerprint density at radius 2 is 2.42 bits per heavy atom. The number of H-pyrrole nitrogens is 1. The van der Waals surface area contributed by atoms with Gasteiger partial charge in [-0.25, -0.2) is 4.98 Å². The molecule has 1 atom stereocenters. The summed E-state index contributed by atoms with van der Waals surface area (Å²) in [6, 6.07) is 0.532. The molecule has 6 heteroatoms. The van der Waals surface area contributed by atoms with Gasteiger partial charge in [-0.2, -0.15) is 0 Å². The second kappa shape index (κ2) is 5.02. The zero-order valence-electron chi connectivity index (χ0n) is 10.9. The summed E-state index contributed by atoms with van der Waals surface area (Å²) < 4.78 is 1.00. The van der Waals surface area contributed by atoms with Gasteiger partial charge >= 0.3 is 0 Å². The van der Waals surface area contributed by atoms with Gasteiger partial charge in [0.15, 0.2) is 0 Å². The number of fused-ring (bicyclic) bond motifs is 1. The van der Waals surface area contributed by atoms with Crippen molar-refractivity contribution in [2.45, 2.75) is 18.9 Å². The van der Waals surface area contributed by atoms with Gasteiger partial charge in [0.1, 0.15) is 5.65 Å². The van der Waals surface area contributed by atoms with Crippen LogP contribution in [0.5, 0.6) is 0 Å². The SMILES string of the molecule is CN[C@@H]1CCCN(c2c(Br)cnc3[nH]cc(N)c23)C1. The van der Waals surface area contributed by atoms with E-state index in [4.69, 9.17) is 5.73 Å². The highest BCUT2D eigenvalue weighted by atomic mass is 79.9. The highest BCUT2D eigenvalue weighted by molar-refractivity contribution is 9.10. The van der Waals surface area contributed by atoms with Crippen LogP contribution in [0.15, 0.2) is 16.9 Å². The van der Waals surface area contributed by atoms with Crippen LogP contribution in [0.25, 0.3) is 11.0 Å². The van der Waals surface area contributed by atoms with Crippen molar-refractivity contribution in [2.75, 3.05) is 30.8 Å². The first-order chi connectivity index (χ1) is 9.20. The van der Waals surface area contributed by atoms with Gasteiger partial charge in [0, 0.05) is 31.5 Å². The van der Waals surface area contributed by atoms with E-state index in [1.54, 1.807) is 0 Å². The summed E-state index contributed by atoms with van der Waals surface area (Å²) in [6.07, 6.45) is 6.07. The Kier molecular flexibility index (Phi) is 3.36. The molecule has 1 aliphatic rings. The van der Waals surface area contributed by atoms with Gasteiger partial charge in [0.05, 0.1) is 21.2 Å². The lowest BCUT2D eigenvalue weighted by atomic mass is 10.0. The molecule has 2 aromatic rings. The molecular formula is C13H18BrN5. The van der Waals surface area contributed by atoms with Gasteiger partial charge in [0.2, 0.25) is 0 Å². The Hall–Kier alpha value is -1.27. The number of aromatic amines is 1. The fourth-order valence-corrected chi connectivity index (χ4v) is 3.36. The van der Waals surface area contributed by atoms with Crippen LogP contribution in [-0.4, -0.2) is 36.1 Å². The third kappa shape index (κ3) is 2.19. The molecular weight excluding hydrogens is 306 g/mol. The molecule has 0 aromatic carbocycles. The summed E-state index contributed by atoms with van der Waals surface area (Å²) in [5, 5.41) is 4.39. The molecule has 0 saturated carbocycles. The Bertz CT molecular complexity index is 594. The lowest BCUT2D eigenvalue weighted by Crippen LogP contribution is -2.44. The second-order valence-electron chi connectivity index (χ2n) is 5.00. The molecule has 1 saturated heterocycles. The number of hydrogen-bond acceptors (Lipinski definition) is 4. The standard InChI is InChI=1S/C13H18BrN5/c1-16-8-3-2-4-19(7-8)12-9(14)5-17-13-11(12)10(15)6-18-13/h5-6,8,16H,2-4,7,15H2,1H3,(H,17,18)/t8-/m1/s1. The van der Waals surface area contributed by atoms with Gasteiger partial charge in [-0.3, -0.25) is 0 Å². The zero-order valence-corrected chi connectivity index (χ0v) is 12.5. The first-order valence-electron chi connectivity index (χ1n) is 6.54. The summed E-state index contributed by atoms with van der Waals surface area (Å²) in [4.78, 5) is 9.88. The average molecular weight is 324 g/mol.